The quantitative estimate of drug-likeness (QED) is 0.562. The van der Waals surface area contributed by atoms with Crippen LogP contribution in [-0.2, 0) is 0 Å². The Morgan fingerprint density at radius 1 is 0.839 bits per heavy atom. The Bertz CT molecular complexity index is 1370. The van der Waals surface area contributed by atoms with Gasteiger partial charge in [-0.3, -0.25) is 4.79 Å². The molecular formula is C25H22O6. The fourth-order valence-electron chi connectivity index (χ4n) is 3.93. The minimum atomic E-state index is -0.554. The van der Waals surface area contributed by atoms with Gasteiger partial charge in [-0.15, -0.1) is 0 Å². The first-order valence-electron chi connectivity index (χ1n) is 10.0. The molecule has 0 unspecified atom stereocenters. The third-order valence-corrected chi connectivity index (χ3v) is 5.47. The van der Waals surface area contributed by atoms with Gasteiger partial charge in [0, 0.05) is 12.1 Å². The molecule has 6 nitrogen and oxygen atoms in total. The first-order chi connectivity index (χ1) is 14.5. The average molecular weight is 418 g/mol. The van der Waals surface area contributed by atoms with Crippen molar-refractivity contribution in [3.63, 3.8) is 0 Å². The van der Waals surface area contributed by atoms with Crippen LogP contribution in [0.5, 0.6) is 23.0 Å². The summed E-state index contributed by atoms with van der Waals surface area (Å²) in [6, 6.07) is 6.09. The van der Waals surface area contributed by atoms with E-state index in [9.17, 15) is 15.0 Å². The smallest absolute Gasteiger partial charge is 0.197 e. The molecule has 0 amide bonds. The largest absolute Gasteiger partial charge is 0.507 e. The molecule has 0 bridgehead atoms. The molecule has 0 spiro atoms. The maximum atomic E-state index is 12.9. The lowest BCUT2D eigenvalue weighted by molar-refractivity contribution is 0.158. The van der Waals surface area contributed by atoms with Crippen LogP contribution in [0.4, 0.5) is 0 Å². The molecule has 3 heterocycles. The summed E-state index contributed by atoms with van der Waals surface area (Å²) in [5.41, 5.74) is 0.184. The van der Waals surface area contributed by atoms with E-state index >= 15 is 0 Å². The van der Waals surface area contributed by atoms with Gasteiger partial charge >= 0.3 is 0 Å². The molecule has 31 heavy (non-hydrogen) atoms. The zero-order chi connectivity index (χ0) is 22.1. The minimum absolute atomic E-state index is 0.0475. The average Bonchev–Trinajstić information content (AvgIpc) is 2.66. The molecule has 0 radical (unpaired) electrons. The van der Waals surface area contributed by atoms with Gasteiger partial charge in [-0.1, -0.05) is 0 Å². The molecule has 2 aromatic carbocycles. The number of phenolic OH excluding ortho intramolecular Hbond substituents is 2. The Hall–Kier alpha value is -3.67. The van der Waals surface area contributed by atoms with Crippen molar-refractivity contribution in [2.24, 2.45) is 0 Å². The second kappa shape index (κ2) is 6.17. The summed E-state index contributed by atoms with van der Waals surface area (Å²) in [6.07, 6.45) is 7.33. The molecular weight excluding hydrogens is 396 g/mol. The molecule has 0 saturated carbocycles. The number of rotatable bonds is 1. The molecule has 0 atom stereocenters. The number of phenols is 2. The highest BCUT2D eigenvalue weighted by molar-refractivity contribution is 5.94. The van der Waals surface area contributed by atoms with Crippen molar-refractivity contribution in [2.75, 3.05) is 0 Å². The molecule has 2 aliphatic heterocycles. The summed E-state index contributed by atoms with van der Waals surface area (Å²) in [7, 11) is 0. The molecule has 2 N–H and O–H groups in total. The first kappa shape index (κ1) is 19.3. The Morgan fingerprint density at radius 3 is 2.19 bits per heavy atom. The zero-order valence-electron chi connectivity index (χ0n) is 17.6. The lowest BCUT2D eigenvalue weighted by Gasteiger charge is -2.28. The van der Waals surface area contributed by atoms with E-state index in [1.54, 1.807) is 18.2 Å². The summed E-state index contributed by atoms with van der Waals surface area (Å²) < 4.78 is 17.9. The van der Waals surface area contributed by atoms with E-state index in [1.165, 1.54) is 12.1 Å². The van der Waals surface area contributed by atoms with E-state index in [-0.39, 0.29) is 28.2 Å². The molecule has 5 rings (SSSR count). The topological polar surface area (TPSA) is 89.1 Å². The van der Waals surface area contributed by atoms with Gasteiger partial charge in [-0.2, -0.15) is 0 Å². The Morgan fingerprint density at radius 2 is 1.48 bits per heavy atom. The van der Waals surface area contributed by atoms with E-state index in [1.807, 2.05) is 45.9 Å². The standard InChI is InChI=1S/C25H22O6/c1-24(2)9-7-14-18(30-24)6-5-13(22(14)28)19-11-16(26)21-17(27)12-20-15(23(21)29-19)8-10-25(3,4)31-20/h5-12,27-28H,1-4H3. The van der Waals surface area contributed by atoms with Gasteiger partial charge in [0.1, 0.15) is 45.3 Å². The van der Waals surface area contributed by atoms with Crippen LogP contribution in [0.25, 0.3) is 34.4 Å². The number of ether oxygens (including phenoxy) is 2. The fourth-order valence-corrected chi connectivity index (χ4v) is 3.93. The van der Waals surface area contributed by atoms with Crippen LogP contribution in [-0.4, -0.2) is 21.4 Å². The van der Waals surface area contributed by atoms with Gasteiger partial charge in [0.25, 0.3) is 0 Å². The summed E-state index contributed by atoms with van der Waals surface area (Å²) in [6.45, 7) is 7.63. The summed E-state index contributed by atoms with van der Waals surface area (Å²) in [5.74, 6) is 0.889. The zero-order valence-corrected chi connectivity index (χ0v) is 17.6. The molecule has 2 aliphatic rings. The molecule has 0 saturated heterocycles. The van der Waals surface area contributed by atoms with Crippen LogP contribution >= 0.6 is 0 Å². The third kappa shape index (κ3) is 3.06. The van der Waals surface area contributed by atoms with Crippen molar-refractivity contribution < 1.29 is 24.1 Å². The van der Waals surface area contributed by atoms with E-state index < -0.39 is 16.6 Å². The van der Waals surface area contributed by atoms with Gasteiger partial charge in [0.2, 0.25) is 0 Å². The maximum absolute atomic E-state index is 12.9. The number of benzene rings is 2. The summed E-state index contributed by atoms with van der Waals surface area (Å²) in [4.78, 5) is 12.9. The van der Waals surface area contributed by atoms with Crippen molar-refractivity contribution in [2.45, 2.75) is 38.9 Å². The SMILES string of the molecule is CC1(C)C=Cc2c(ccc(-c3cc(=O)c4c(O)cc5c(c4o3)C=CC(C)(C)O5)c2O)O1. The van der Waals surface area contributed by atoms with Crippen LogP contribution in [0.3, 0.4) is 0 Å². The lowest BCUT2D eigenvalue weighted by atomic mass is 9.98. The number of hydrogen-bond acceptors (Lipinski definition) is 6. The van der Waals surface area contributed by atoms with Gasteiger partial charge < -0.3 is 24.1 Å². The first-order valence-corrected chi connectivity index (χ1v) is 10.0. The monoisotopic (exact) mass is 418 g/mol. The summed E-state index contributed by atoms with van der Waals surface area (Å²) >= 11 is 0. The Kier molecular flexibility index (Phi) is 3.84. The number of fused-ring (bicyclic) bond motifs is 4. The van der Waals surface area contributed by atoms with Crippen LogP contribution in [0.2, 0.25) is 0 Å². The molecule has 6 heteroatoms. The highest BCUT2D eigenvalue weighted by Gasteiger charge is 2.28. The van der Waals surface area contributed by atoms with Crippen LogP contribution < -0.4 is 14.9 Å². The van der Waals surface area contributed by atoms with Crippen molar-refractivity contribution in [3.8, 4) is 34.3 Å². The van der Waals surface area contributed by atoms with Crippen molar-refractivity contribution >= 4 is 23.1 Å². The highest BCUT2D eigenvalue weighted by Crippen LogP contribution is 2.44. The third-order valence-electron chi connectivity index (χ3n) is 5.47. The molecule has 158 valence electrons. The van der Waals surface area contributed by atoms with Crippen molar-refractivity contribution in [1.29, 1.82) is 0 Å². The second-order valence-corrected chi connectivity index (χ2v) is 8.94. The Labute approximate surface area is 178 Å². The van der Waals surface area contributed by atoms with Gasteiger partial charge in [0.15, 0.2) is 11.0 Å². The predicted octanol–water partition coefficient (Wildman–Crippen LogP) is 5.24. The van der Waals surface area contributed by atoms with Crippen molar-refractivity contribution in [1.82, 2.24) is 0 Å². The normalized spacial score (nSPS) is 17.5. The van der Waals surface area contributed by atoms with Crippen LogP contribution in [0.1, 0.15) is 38.8 Å². The van der Waals surface area contributed by atoms with E-state index in [4.69, 9.17) is 13.9 Å². The van der Waals surface area contributed by atoms with Gasteiger partial charge in [-0.25, -0.2) is 0 Å². The number of aromatic hydroxyl groups is 2. The number of hydrogen-bond donors (Lipinski definition) is 2. The maximum Gasteiger partial charge on any atom is 0.197 e. The highest BCUT2D eigenvalue weighted by atomic mass is 16.5. The summed E-state index contributed by atoms with van der Waals surface area (Å²) in [5, 5.41) is 21.4. The van der Waals surface area contributed by atoms with E-state index in [0.717, 1.165) is 0 Å². The Balaban J connectivity index is 1.74. The van der Waals surface area contributed by atoms with Crippen LogP contribution in [0, 0.1) is 0 Å². The predicted molar refractivity (Wildman–Crippen MR) is 119 cm³/mol. The fraction of sp³-hybridized carbons (Fsp3) is 0.240. The van der Waals surface area contributed by atoms with E-state index in [2.05, 4.69) is 0 Å². The van der Waals surface area contributed by atoms with Gasteiger partial charge in [-0.05, 0) is 64.1 Å². The molecule has 0 fully saturated rings. The van der Waals surface area contributed by atoms with Crippen molar-refractivity contribution in [3.05, 3.63) is 57.8 Å². The van der Waals surface area contributed by atoms with Gasteiger partial charge in [0.05, 0.1) is 16.7 Å². The molecule has 0 aliphatic carbocycles. The molecule has 3 aromatic rings. The molecule has 1 aromatic heterocycles. The lowest BCUT2D eigenvalue weighted by Crippen LogP contribution is -2.27. The van der Waals surface area contributed by atoms with E-state index in [0.29, 0.717) is 28.2 Å². The second-order valence-electron chi connectivity index (χ2n) is 8.94. The van der Waals surface area contributed by atoms with Crippen LogP contribution in [0.15, 0.2) is 45.6 Å². The minimum Gasteiger partial charge on any atom is -0.507 e.